The first kappa shape index (κ1) is 19.0. The number of carbonyl (C=O) groups is 1. The van der Waals surface area contributed by atoms with Gasteiger partial charge in [-0.3, -0.25) is 4.79 Å². The summed E-state index contributed by atoms with van der Waals surface area (Å²) in [7, 11) is 0. The minimum absolute atomic E-state index is 0.454. The fourth-order valence-corrected chi connectivity index (χ4v) is 2.35. The molecule has 2 aromatic carbocycles. The van der Waals surface area contributed by atoms with Crippen LogP contribution in [0.2, 0.25) is 0 Å². The summed E-state index contributed by atoms with van der Waals surface area (Å²) in [5.41, 5.74) is 6.58. The minimum Gasteiger partial charge on any atom is -0.489 e. The highest BCUT2D eigenvalue weighted by atomic mass is 16.6. The van der Waals surface area contributed by atoms with Crippen LogP contribution < -0.4 is 10.5 Å². The zero-order valence-corrected chi connectivity index (χ0v) is 14.8. The van der Waals surface area contributed by atoms with Crippen LogP contribution in [0.25, 0.3) is 0 Å². The maximum atomic E-state index is 12.3. The first-order chi connectivity index (χ1) is 11.8. The van der Waals surface area contributed by atoms with Crippen LogP contribution in [0.15, 0.2) is 54.6 Å². The van der Waals surface area contributed by atoms with E-state index in [-0.39, 0.29) is 0 Å². The van der Waals surface area contributed by atoms with Gasteiger partial charge in [-0.15, -0.1) is 0 Å². The van der Waals surface area contributed by atoms with Crippen LogP contribution in [0.3, 0.4) is 0 Å². The molecule has 2 aromatic rings. The molecule has 0 spiro atoms. The highest BCUT2D eigenvalue weighted by molar-refractivity contribution is 5.79. The molecule has 0 bridgehead atoms. The SMILES string of the molecule is CC(C)(C)OC(=O)C(c1ccc(OCc2ccccc2)cc1)[C@H](N)O. The van der Waals surface area contributed by atoms with Crippen molar-refractivity contribution in [3.05, 3.63) is 65.7 Å². The van der Waals surface area contributed by atoms with Crippen LogP contribution in [-0.2, 0) is 16.1 Å². The van der Waals surface area contributed by atoms with Gasteiger partial charge in [0.25, 0.3) is 0 Å². The predicted octanol–water partition coefficient (Wildman–Crippen LogP) is 2.97. The summed E-state index contributed by atoms with van der Waals surface area (Å²) in [5, 5.41) is 9.80. The first-order valence-corrected chi connectivity index (χ1v) is 8.19. The second-order valence-electron chi connectivity index (χ2n) is 6.85. The smallest absolute Gasteiger partial charge is 0.318 e. The van der Waals surface area contributed by atoms with E-state index in [4.69, 9.17) is 15.2 Å². The topological polar surface area (TPSA) is 81.8 Å². The number of benzene rings is 2. The largest absolute Gasteiger partial charge is 0.489 e. The quantitative estimate of drug-likeness (QED) is 0.622. The fourth-order valence-electron chi connectivity index (χ4n) is 2.35. The van der Waals surface area contributed by atoms with Crippen molar-refractivity contribution in [3.8, 4) is 5.75 Å². The van der Waals surface area contributed by atoms with Gasteiger partial charge >= 0.3 is 5.97 Å². The van der Waals surface area contributed by atoms with Crippen LogP contribution in [0.1, 0.15) is 37.8 Å². The number of rotatable bonds is 6. The maximum absolute atomic E-state index is 12.3. The van der Waals surface area contributed by atoms with E-state index in [9.17, 15) is 9.90 Å². The van der Waals surface area contributed by atoms with Crippen LogP contribution in [-0.4, -0.2) is 22.9 Å². The molecule has 0 aliphatic heterocycles. The Morgan fingerprint density at radius 1 is 1.08 bits per heavy atom. The summed E-state index contributed by atoms with van der Waals surface area (Å²) in [6.07, 6.45) is -1.34. The van der Waals surface area contributed by atoms with Crippen LogP contribution in [0.5, 0.6) is 5.75 Å². The van der Waals surface area contributed by atoms with E-state index in [1.807, 2.05) is 30.3 Å². The lowest BCUT2D eigenvalue weighted by Gasteiger charge is -2.25. The molecule has 0 aliphatic rings. The van der Waals surface area contributed by atoms with Crippen molar-refractivity contribution in [1.82, 2.24) is 0 Å². The van der Waals surface area contributed by atoms with Crippen molar-refractivity contribution in [3.63, 3.8) is 0 Å². The molecule has 0 heterocycles. The molecule has 1 unspecified atom stereocenters. The molecule has 0 aliphatic carbocycles. The van der Waals surface area contributed by atoms with Crippen LogP contribution in [0, 0.1) is 0 Å². The second-order valence-corrected chi connectivity index (χ2v) is 6.85. The Hall–Kier alpha value is -2.37. The Morgan fingerprint density at radius 2 is 1.68 bits per heavy atom. The highest BCUT2D eigenvalue weighted by Crippen LogP contribution is 2.25. The molecular weight excluding hydrogens is 318 g/mol. The number of nitrogens with two attached hydrogens (primary N) is 1. The zero-order valence-electron chi connectivity index (χ0n) is 14.8. The van der Waals surface area contributed by atoms with Crippen molar-refractivity contribution >= 4 is 5.97 Å². The third kappa shape index (κ3) is 5.89. The zero-order chi connectivity index (χ0) is 18.4. The molecule has 0 aromatic heterocycles. The Labute approximate surface area is 148 Å². The first-order valence-electron chi connectivity index (χ1n) is 8.19. The second kappa shape index (κ2) is 8.14. The Morgan fingerprint density at radius 3 is 2.20 bits per heavy atom. The van der Waals surface area contributed by atoms with Gasteiger partial charge in [-0.2, -0.15) is 0 Å². The van der Waals surface area contributed by atoms with E-state index in [2.05, 4.69) is 0 Å². The number of esters is 1. The van der Waals surface area contributed by atoms with Gasteiger partial charge in [0.15, 0.2) is 0 Å². The van der Waals surface area contributed by atoms with Crippen molar-refractivity contribution in [1.29, 1.82) is 0 Å². The molecule has 2 atom stereocenters. The van der Waals surface area contributed by atoms with Gasteiger partial charge in [-0.05, 0) is 44.0 Å². The van der Waals surface area contributed by atoms with Crippen LogP contribution in [0.4, 0.5) is 0 Å². The minimum atomic E-state index is -1.34. The summed E-state index contributed by atoms with van der Waals surface area (Å²) in [6.45, 7) is 5.76. The molecule has 0 radical (unpaired) electrons. The Kier molecular flexibility index (Phi) is 6.17. The normalized spacial score (nSPS) is 13.8. The molecule has 0 fully saturated rings. The summed E-state index contributed by atoms with van der Waals surface area (Å²) >= 11 is 0. The van der Waals surface area contributed by atoms with Crippen molar-refractivity contribution in [2.75, 3.05) is 0 Å². The van der Waals surface area contributed by atoms with Crippen LogP contribution >= 0.6 is 0 Å². The monoisotopic (exact) mass is 343 g/mol. The van der Waals surface area contributed by atoms with E-state index in [0.717, 1.165) is 5.56 Å². The summed E-state index contributed by atoms with van der Waals surface area (Å²) in [5.74, 6) is -0.829. The van der Waals surface area contributed by atoms with Gasteiger partial charge < -0.3 is 20.3 Å². The van der Waals surface area contributed by atoms with Gasteiger partial charge in [-0.25, -0.2) is 0 Å². The van der Waals surface area contributed by atoms with Gasteiger partial charge in [-0.1, -0.05) is 42.5 Å². The number of hydrogen-bond acceptors (Lipinski definition) is 5. The Bertz CT molecular complexity index is 675. The summed E-state index contributed by atoms with van der Waals surface area (Å²) < 4.78 is 11.1. The summed E-state index contributed by atoms with van der Waals surface area (Å²) in [4.78, 5) is 12.3. The average Bonchev–Trinajstić information content (AvgIpc) is 2.53. The summed E-state index contributed by atoms with van der Waals surface area (Å²) in [6, 6.07) is 16.8. The molecule has 3 N–H and O–H groups in total. The predicted molar refractivity (Wildman–Crippen MR) is 96.0 cm³/mol. The highest BCUT2D eigenvalue weighted by Gasteiger charge is 2.30. The van der Waals surface area contributed by atoms with Gasteiger partial charge in [0.2, 0.25) is 0 Å². The van der Waals surface area contributed by atoms with E-state index in [1.165, 1.54) is 0 Å². The number of hydrogen-bond donors (Lipinski definition) is 2. The standard InChI is InChI=1S/C20H25NO4/c1-20(2,3)25-19(23)17(18(21)22)15-9-11-16(12-10-15)24-13-14-7-5-4-6-8-14/h4-12,17-18,22H,13,21H2,1-3H3/t17?,18-/m1/s1. The molecule has 25 heavy (non-hydrogen) atoms. The molecule has 134 valence electrons. The molecule has 0 saturated carbocycles. The third-order valence-corrected chi connectivity index (χ3v) is 3.49. The van der Waals surface area contributed by atoms with Crippen molar-refractivity contribution in [2.24, 2.45) is 5.73 Å². The van der Waals surface area contributed by atoms with E-state index < -0.39 is 23.7 Å². The van der Waals surface area contributed by atoms with Gasteiger partial charge in [0, 0.05) is 0 Å². The van der Waals surface area contributed by atoms with E-state index >= 15 is 0 Å². The number of ether oxygens (including phenoxy) is 2. The van der Waals surface area contributed by atoms with Crippen molar-refractivity contribution < 1.29 is 19.4 Å². The number of aliphatic hydroxyl groups excluding tert-OH is 1. The maximum Gasteiger partial charge on any atom is 0.318 e. The van der Waals surface area contributed by atoms with Gasteiger partial charge in [0.05, 0.1) is 0 Å². The molecule has 2 rings (SSSR count). The Balaban J connectivity index is 2.06. The third-order valence-electron chi connectivity index (χ3n) is 3.49. The fraction of sp³-hybridized carbons (Fsp3) is 0.350. The molecular formula is C20H25NO4. The number of aliphatic hydroxyl groups is 1. The molecule has 5 nitrogen and oxygen atoms in total. The lowest BCUT2D eigenvalue weighted by atomic mass is 9.97. The average molecular weight is 343 g/mol. The van der Waals surface area contributed by atoms with Gasteiger partial charge in [0.1, 0.15) is 30.1 Å². The van der Waals surface area contributed by atoms with E-state index in [1.54, 1.807) is 45.0 Å². The molecule has 0 saturated heterocycles. The van der Waals surface area contributed by atoms with E-state index in [0.29, 0.717) is 17.9 Å². The number of carbonyl (C=O) groups excluding carboxylic acids is 1. The lowest BCUT2D eigenvalue weighted by molar-refractivity contribution is -0.159. The lowest BCUT2D eigenvalue weighted by Crippen LogP contribution is -2.37. The van der Waals surface area contributed by atoms with Crippen molar-refractivity contribution in [2.45, 2.75) is 45.1 Å². The molecule has 5 heteroatoms. The molecule has 0 amide bonds.